The van der Waals surface area contributed by atoms with Crippen molar-refractivity contribution in [3.05, 3.63) is 130 Å². The van der Waals surface area contributed by atoms with Crippen LogP contribution in [0.5, 0.6) is 11.5 Å². The monoisotopic (exact) mass is 870 g/mol. The molecule has 5 aromatic rings. The largest absolute Gasteiger partial charge is 0.494 e. The summed E-state index contributed by atoms with van der Waals surface area (Å²) in [6, 6.07) is 24.2. The number of anilines is 1. The first-order valence-electron chi connectivity index (χ1n) is 20.7. The fraction of sp³-hybridized carbons (Fsp3) is 0.312. The molecule has 15 heteroatoms. The van der Waals surface area contributed by atoms with Gasteiger partial charge in [-0.15, -0.1) is 11.3 Å². The molecular weight excluding hydrogens is 817 g/mol. The van der Waals surface area contributed by atoms with Crippen LogP contribution in [0.3, 0.4) is 0 Å². The van der Waals surface area contributed by atoms with Crippen LogP contribution in [0.25, 0.3) is 16.1 Å². The molecule has 328 valence electrons. The van der Waals surface area contributed by atoms with Crippen LogP contribution in [-0.2, 0) is 33.8 Å². The molecule has 2 atom stereocenters. The van der Waals surface area contributed by atoms with Crippen molar-refractivity contribution < 1.29 is 28.7 Å². The Morgan fingerprint density at radius 1 is 0.984 bits per heavy atom. The van der Waals surface area contributed by atoms with Crippen molar-refractivity contribution in [2.45, 2.75) is 72.0 Å². The molecular formula is C48H54N8O6S. The van der Waals surface area contributed by atoms with Crippen LogP contribution >= 0.6 is 11.3 Å². The van der Waals surface area contributed by atoms with Gasteiger partial charge in [0.05, 0.1) is 53.3 Å². The summed E-state index contributed by atoms with van der Waals surface area (Å²) in [5, 5.41) is 16.1. The summed E-state index contributed by atoms with van der Waals surface area (Å²) in [6.45, 7) is 8.82. The third-order valence-electron chi connectivity index (χ3n) is 10.7. The lowest BCUT2D eigenvalue weighted by molar-refractivity contribution is -0.143. The topological polar surface area (TPSA) is 202 Å². The third-order valence-corrected chi connectivity index (χ3v) is 11.6. The molecule has 0 unspecified atom stereocenters. The number of hydrogen-bond donors (Lipinski definition) is 5. The molecule has 1 aliphatic heterocycles. The Labute approximate surface area is 371 Å². The summed E-state index contributed by atoms with van der Waals surface area (Å²) in [6.07, 6.45) is 4.30. The fourth-order valence-electron chi connectivity index (χ4n) is 7.30. The minimum atomic E-state index is -0.836. The molecule has 4 amide bonds. The Morgan fingerprint density at radius 2 is 1.73 bits per heavy atom. The Hall–Kier alpha value is -6.87. The number of nitrogens with two attached hydrogens (primary N) is 1. The number of nitrogens with one attached hydrogen (secondary N) is 4. The third kappa shape index (κ3) is 11.9. The lowest BCUT2D eigenvalue weighted by Crippen LogP contribution is -2.57. The summed E-state index contributed by atoms with van der Waals surface area (Å²) < 4.78 is 11.6. The van der Waals surface area contributed by atoms with Crippen LogP contribution < -0.4 is 31.2 Å². The van der Waals surface area contributed by atoms with Crippen LogP contribution in [0.15, 0.2) is 96.5 Å². The zero-order valence-electron chi connectivity index (χ0n) is 36.2. The van der Waals surface area contributed by atoms with E-state index in [0.29, 0.717) is 61.8 Å². The zero-order valence-corrected chi connectivity index (χ0v) is 37.0. The van der Waals surface area contributed by atoms with Gasteiger partial charge in [0.15, 0.2) is 0 Å². The van der Waals surface area contributed by atoms with Crippen LogP contribution in [0, 0.1) is 17.7 Å². The first kappa shape index (κ1) is 45.7. The number of carbonyl (C=O) groups is 4. The van der Waals surface area contributed by atoms with Crippen molar-refractivity contribution in [1.29, 1.82) is 5.41 Å². The van der Waals surface area contributed by atoms with Crippen molar-refractivity contribution in [1.82, 2.24) is 25.5 Å². The summed E-state index contributed by atoms with van der Waals surface area (Å²) in [7, 11) is 1.49. The molecule has 1 saturated heterocycles. The van der Waals surface area contributed by atoms with Gasteiger partial charge in [0.2, 0.25) is 17.7 Å². The van der Waals surface area contributed by atoms with Gasteiger partial charge in [-0.05, 0) is 77.8 Å². The molecule has 0 spiro atoms. The number of likely N-dealkylation sites (tertiary alicyclic amines) is 1. The van der Waals surface area contributed by atoms with E-state index in [4.69, 9.17) is 20.6 Å². The molecule has 6 N–H and O–H groups in total. The van der Waals surface area contributed by atoms with E-state index >= 15 is 0 Å². The highest BCUT2D eigenvalue weighted by Gasteiger charge is 2.41. The van der Waals surface area contributed by atoms with Gasteiger partial charge in [-0.1, -0.05) is 75.4 Å². The predicted octanol–water partition coefficient (Wildman–Crippen LogP) is 6.73. The normalized spacial score (nSPS) is 14.4. The van der Waals surface area contributed by atoms with E-state index in [-0.39, 0.29) is 35.5 Å². The molecule has 0 aliphatic carbocycles. The molecule has 3 heterocycles. The number of nitrogens with zero attached hydrogens (tertiary/aromatic N) is 3. The Bertz CT molecular complexity index is 2480. The Kier molecular flexibility index (Phi) is 15.1. The van der Waals surface area contributed by atoms with Gasteiger partial charge in [0, 0.05) is 31.8 Å². The number of pyridine rings is 1. The van der Waals surface area contributed by atoms with Gasteiger partial charge in [-0.2, -0.15) is 0 Å². The maximum absolute atomic E-state index is 14.1. The molecule has 63 heavy (non-hydrogen) atoms. The van der Waals surface area contributed by atoms with Crippen molar-refractivity contribution in [3.8, 4) is 21.9 Å². The smallest absolute Gasteiger partial charge is 0.274 e. The second kappa shape index (κ2) is 20.8. The summed E-state index contributed by atoms with van der Waals surface area (Å²) in [4.78, 5) is 65.5. The van der Waals surface area contributed by atoms with E-state index in [1.807, 2.05) is 81.7 Å². The molecule has 0 saturated carbocycles. The summed E-state index contributed by atoms with van der Waals surface area (Å²) in [5.74, 6) is -0.299. The van der Waals surface area contributed by atoms with Gasteiger partial charge in [-0.25, -0.2) is 9.97 Å². The molecule has 14 nitrogen and oxygen atoms in total. The van der Waals surface area contributed by atoms with Crippen LogP contribution in [0.2, 0.25) is 0 Å². The molecule has 6 rings (SSSR count). The molecule has 0 bridgehead atoms. The minimum absolute atomic E-state index is 0.0674. The number of thiazole rings is 1. The van der Waals surface area contributed by atoms with E-state index in [0.717, 1.165) is 39.0 Å². The van der Waals surface area contributed by atoms with Crippen molar-refractivity contribution >= 4 is 52.6 Å². The number of allylic oxidation sites excluding steroid dienone is 1. The first-order chi connectivity index (χ1) is 30.2. The number of rotatable bonds is 17. The lowest BCUT2D eigenvalue weighted by Gasteiger charge is -2.35. The number of hydrogen-bond acceptors (Lipinski definition) is 11. The van der Waals surface area contributed by atoms with Crippen molar-refractivity contribution in [3.63, 3.8) is 0 Å². The summed E-state index contributed by atoms with van der Waals surface area (Å²) in [5.41, 5.74) is 13.1. The van der Waals surface area contributed by atoms with E-state index in [9.17, 15) is 19.2 Å². The second-order valence-electron chi connectivity index (χ2n) is 16.3. The van der Waals surface area contributed by atoms with Crippen LogP contribution in [0.1, 0.15) is 72.2 Å². The predicted molar refractivity (Wildman–Crippen MR) is 246 cm³/mol. The molecule has 1 fully saturated rings. The molecule has 0 radical (unpaired) electrons. The SMILES string of the molecule is COc1cc(OCCc2cccc(CC(=O)N[C@H](C(=O)N3CCC[C@H]3C(=O)NCc3ccc(-c4scnc4C)cc3)C(C)(C)C)c2)ccc1NC(=O)c1cccc(/C(N)=C/C=N)n1. The van der Waals surface area contributed by atoms with E-state index < -0.39 is 23.4 Å². The van der Waals surface area contributed by atoms with Gasteiger partial charge >= 0.3 is 0 Å². The highest BCUT2D eigenvalue weighted by atomic mass is 32.1. The average molecular weight is 871 g/mol. The number of benzene rings is 3. The number of ether oxygens (including phenoxy) is 2. The second-order valence-corrected chi connectivity index (χ2v) is 17.2. The van der Waals surface area contributed by atoms with Gasteiger partial charge in [0.25, 0.3) is 5.91 Å². The lowest BCUT2D eigenvalue weighted by atomic mass is 9.85. The van der Waals surface area contributed by atoms with E-state index in [1.54, 1.807) is 52.6 Å². The molecule has 2 aromatic heterocycles. The number of carbonyl (C=O) groups excluding carboxylic acids is 4. The zero-order chi connectivity index (χ0) is 45.1. The Morgan fingerprint density at radius 3 is 2.44 bits per heavy atom. The first-order valence-corrected chi connectivity index (χ1v) is 21.6. The number of methoxy groups -OCH3 is 1. The number of amides is 4. The van der Waals surface area contributed by atoms with Gasteiger partial charge in [-0.3, -0.25) is 19.2 Å². The van der Waals surface area contributed by atoms with Gasteiger partial charge < -0.3 is 41.5 Å². The van der Waals surface area contributed by atoms with Crippen molar-refractivity contribution in [2.75, 3.05) is 25.6 Å². The van der Waals surface area contributed by atoms with Crippen LogP contribution in [0.4, 0.5) is 5.69 Å². The highest BCUT2D eigenvalue weighted by Crippen LogP contribution is 2.31. The Balaban J connectivity index is 1.00. The standard InChI is InChI=1S/C48H54N8O6S/c1-30-43(63-29-52-30)34-16-14-32(15-17-34)28-51-46(59)40-13-8-23-56(40)47(60)44(48(2,3)4)55-42(57)26-33-10-6-9-31(25-33)21-24-62-35-18-19-38(41(27-35)61-5)54-45(58)39-12-7-11-37(53-39)36(50)20-22-49/h6-7,9-12,14-20,22,25,27,29,40,44,49H,8,13,21,23-24,26,28,50H2,1-5H3,(H,51,59)(H,54,58)(H,55,57)/b36-20-,49-22?/t40-,44+/m0/s1. The quantitative estimate of drug-likeness (QED) is 0.0629. The van der Waals surface area contributed by atoms with E-state index in [1.165, 1.54) is 13.2 Å². The molecule has 3 aromatic carbocycles. The minimum Gasteiger partial charge on any atom is -0.494 e. The highest BCUT2D eigenvalue weighted by molar-refractivity contribution is 7.13. The molecule has 1 aliphatic rings. The number of aromatic nitrogens is 2. The average Bonchev–Trinajstić information content (AvgIpc) is 3.95. The van der Waals surface area contributed by atoms with Crippen molar-refractivity contribution in [2.24, 2.45) is 11.1 Å². The number of aryl methyl sites for hydroxylation is 1. The fourth-order valence-corrected chi connectivity index (χ4v) is 8.12. The van der Waals surface area contributed by atoms with Crippen LogP contribution in [-0.4, -0.2) is 77.1 Å². The van der Waals surface area contributed by atoms with E-state index in [2.05, 4.69) is 25.9 Å². The van der Waals surface area contributed by atoms with Gasteiger partial charge in [0.1, 0.15) is 29.3 Å². The maximum Gasteiger partial charge on any atom is 0.274 e. The maximum atomic E-state index is 14.1. The summed E-state index contributed by atoms with van der Waals surface area (Å²) >= 11 is 1.59.